The molecule has 0 spiro atoms. The molecule has 1 aliphatic rings. The summed E-state index contributed by atoms with van der Waals surface area (Å²) in [7, 11) is 0. The molecule has 3 rings (SSSR count). The third-order valence-electron chi connectivity index (χ3n) is 5.10. The summed E-state index contributed by atoms with van der Waals surface area (Å²) in [5.74, 6) is 1.98. The number of carbonyl (C=O) groups is 1. The van der Waals surface area contributed by atoms with Crippen molar-refractivity contribution in [2.24, 2.45) is 0 Å². The van der Waals surface area contributed by atoms with Crippen molar-refractivity contribution in [1.82, 2.24) is 14.8 Å². The van der Waals surface area contributed by atoms with Gasteiger partial charge in [0.1, 0.15) is 5.82 Å². The number of rotatable bonds is 6. The van der Waals surface area contributed by atoms with Crippen LogP contribution in [0.25, 0.3) is 0 Å². The second kappa shape index (κ2) is 6.94. The van der Waals surface area contributed by atoms with Crippen LogP contribution in [0.2, 0.25) is 0 Å². The van der Waals surface area contributed by atoms with E-state index in [1.807, 2.05) is 13.8 Å². The Hall–Kier alpha value is -1.62. The molecule has 134 valence electrons. The molecule has 0 bridgehead atoms. The van der Waals surface area contributed by atoms with E-state index in [4.69, 9.17) is 0 Å². The van der Waals surface area contributed by atoms with Gasteiger partial charge in [-0.15, -0.1) is 10.2 Å². The molecule has 0 unspecified atom stereocenters. The molecular weight excluding hydrogens is 330 g/mol. The summed E-state index contributed by atoms with van der Waals surface area (Å²) in [6, 6.07) is 2.68. The fraction of sp³-hybridized carbons (Fsp3) is 0.550. The Bertz CT molecular complexity index is 793. The van der Waals surface area contributed by atoms with E-state index in [1.54, 1.807) is 0 Å². The number of aromatic nitrogens is 3. The smallest absolute Gasteiger partial charge is 0.191 e. The van der Waals surface area contributed by atoms with Crippen LogP contribution in [0.1, 0.15) is 77.1 Å². The largest absolute Gasteiger partial charge is 0.303 e. The summed E-state index contributed by atoms with van der Waals surface area (Å²) < 4.78 is 2.25. The van der Waals surface area contributed by atoms with Gasteiger partial charge in [-0.2, -0.15) is 0 Å². The molecule has 2 aromatic rings. The average molecular weight is 358 g/mol. The van der Waals surface area contributed by atoms with Crippen molar-refractivity contribution in [2.45, 2.75) is 71.5 Å². The van der Waals surface area contributed by atoms with Gasteiger partial charge in [0.15, 0.2) is 10.9 Å². The van der Waals surface area contributed by atoms with Gasteiger partial charge in [-0.3, -0.25) is 4.79 Å². The van der Waals surface area contributed by atoms with Crippen LogP contribution in [-0.4, -0.2) is 26.3 Å². The molecule has 0 saturated heterocycles. The number of aryl methyl sites for hydroxylation is 2. The number of hydrogen-bond acceptors (Lipinski definition) is 4. The lowest BCUT2D eigenvalue weighted by Gasteiger charge is -2.14. The lowest BCUT2D eigenvalue weighted by molar-refractivity contribution is 0.102. The molecule has 1 fully saturated rings. The quantitative estimate of drug-likeness (QED) is 0.542. The van der Waals surface area contributed by atoms with Crippen molar-refractivity contribution in [1.29, 1.82) is 0 Å². The Morgan fingerprint density at radius 3 is 2.28 bits per heavy atom. The Kier molecular flexibility index (Phi) is 5.05. The van der Waals surface area contributed by atoms with Crippen LogP contribution < -0.4 is 0 Å². The van der Waals surface area contributed by atoms with Crippen LogP contribution >= 0.6 is 11.8 Å². The van der Waals surface area contributed by atoms with Gasteiger partial charge in [-0.1, -0.05) is 31.7 Å². The summed E-state index contributed by atoms with van der Waals surface area (Å²) in [6.07, 6.45) is 2.38. The number of benzene rings is 1. The molecule has 1 heterocycles. The minimum atomic E-state index is 0.184. The summed E-state index contributed by atoms with van der Waals surface area (Å²) in [5, 5.41) is 9.63. The van der Waals surface area contributed by atoms with E-state index < -0.39 is 0 Å². The van der Waals surface area contributed by atoms with E-state index in [0.717, 1.165) is 27.7 Å². The van der Waals surface area contributed by atoms with E-state index in [9.17, 15) is 4.79 Å². The number of thioether (sulfide) groups is 1. The Labute approximate surface area is 154 Å². The maximum atomic E-state index is 12.9. The molecule has 0 aliphatic heterocycles. The SMILES string of the molecule is Cc1cc(C)c(C)c(C(=O)CSc2nnc(C(C)C)n2C2CC2)c1C. The fourth-order valence-electron chi connectivity index (χ4n) is 3.29. The van der Waals surface area contributed by atoms with Crippen LogP contribution in [0.4, 0.5) is 0 Å². The highest BCUT2D eigenvalue weighted by Crippen LogP contribution is 2.40. The highest BCUT2D eigenvalue weighted by atomic mass is 32.2. The monoisotopic (exact) mass is 357 g/mol. The molecule has 4 nitrogen and oxygen atoms in total. The molecule has 5 heteroatoms. The van der Waals surface area contributed by atoms with Gasteiger partial charge >= 0.3 is 0 Å². The number of nitrogens with zero attached hydrogens (tertiary/aromatic N) is 3. The van der Waals surface area contributed by atoms with Gasteiger partial charge in [0.05, 0.1) is 5.75 Å². The minimum Gasteiger partial charge on any atom is -0.303 e. The summed E-state index contributed by atoms with van der Waals surface area (Å²) in [5.41, 5.74) is 5.44. The maximum absolute atomic E-state index is 12.9. The first-order valence-corrected chi connectivity index (χ1v) is 9.98. The first kappa shape index (κ1) is 18.2. The van der Waals surface area contributed by atoms with Crippen molar-refractivity contribution >= 4 is 17.5 Å². The average Bonchev–Trinajstić information content (AvgIpc) is 3.30. The predicted molar refractivity (Wildman–Crippen MR) is 103 cm³/mol. The number of Topliss-reactive ketones (excluding diaryl/α,β-unsaturated/α-hetero) is 1. The van der Waals surface area contributed by atoms with Crippen molar-refractivity contribution in [2.75, 3.05) is 5.75 Å². The third kappa shape index (κ3) is 3.52. The minimum absolute atomic E-state index is 0.184. The van der Waals surface area contributed by atoms with Gasteiger partial charge in [-0.05, 0) is 62.8 Å². The van der Waals surface area contributed by atoms with E-state index in [-0.39, 0.29) is 5.78 Å². The zero-order chi connectivity index (χ0) is 18.3. The topological polar surface area (TPSA) is 47.8 Å². The van der Waals surface area contributed by atoms with Crippen molar-refractivity contribution in [3.05, 3.63) is 39.7 Å². The molecule has 1 aliphatic carbocycles. The van der Waals surface area contributed by atoms with Crippen LogP contribution in [-0.2, 0) is 0 Å². The van der Waals surface area contributed by atoms with Gasteiger partial charge in [0, 0.05) is 17.5 Å². The zero-order valence-corrected chi connectivity index (χ0v) is 16.8. The second-order valence-corrected chi connectivity index (χ2v) is 8.39. The summed E-state index contributed by atoms with van der Waals surface area (Å²) in [6.45, 7) is 12.5. The van der Waals surface area contributed by atoms with Gasteiger partial charge in [-0.25, -0.2) is 0 Å². The maximum Gasteiger partial charge on any atom is 0.191 e. The van der Waals surface area contributed by atoms with E-state index in [0.29, 0.717) is 17.7 Å². The van der Waals surface area contributed by atoms with Gasteiger partial charge < -0.3 is 4.57 Å². The molecule has 1 aromatic carbocycles. The van der Waals surface area contributed by atoms with Gasteiger partial charge in [0.2, 0.25) is 0 Å². The van der Waals surface area contributed by atoms with E-state index in [2.05, 4.69) is 48.5 Å². The molecule has 1 saturated carbocycles. The predicted octanol–water partition coefficient (Wildman–Crippen LogP) is 4.95. The van der Waals surface area contributed by atoms with E-state index >= 15 is 0 Å². The normalized spacial score (nSPS) is 14.4. The van der Waals surface area contributed by atoms with Crippen molar-refractivity contribution in [3.63, 3.8) is 0 Å². The summed E-state index contributed by atoms with van der Waals surface area (Å²) >= 11 is 1.53. The third-order valence-corrected chi connectivity index (χ3v) is 6.04. The van der Waals surface area contributed by atoms with Crippen LogP contribution in [0, 0.1) is 27.7 Å². The molecule has 1 aromatic heterocycles. The Morgan fingerprint density at radius 1 is 1.16 bits per heavy atom. The molecule has 0 amide bonds. The molecule has 25 heavy (non-hydrogen) atoms. The number of hydrogen-bond donors (Lipinski definition) is 0. The van der Waals surface area contributed by atoms with Crippen LogP contribution in [0.3, 0.4) is 0 Å². The van der Waals surface area contributed by atoms with Crippen molar-refractivity contribution in [3.8, 4) is 0 Å². The lowest BCUT2D eigenvalue weighted by Crippen LogP contribution is -2.11. The highest BCUT2D eigenvalue weighted by Gasteiger charge is 2.30. The zero-order valence-electron chi connectivity index (χ0n) is 16.0. The molecule has 0 atom stereocenters. The molecular formula is C20H27N3OS. The van der Waals surface area contributed by atoms with Crippen LogP contribution in [0.15, 0.2) is 11.2 Å². The van der Waals surface area contributed by atoms with Gasteiger partial charge in [0.25, 0.3) is 0 Å². The second-order valence-electron chi connectivity index (χ2n) is 7.44. The highest BCUT2D eigenvalue weighted by molar-refractivity contribution is 7.99. The lowest BCUT2D eigenvalue weighted by atomic mass is 9.92. The summed E-state index contributed by atoms with van der Waals surface area (Å²) in [4.78, 5) is 12.9. The Morgan fingerprint density at radius 2 is 1.76 bits per heavy atom. The number of carbonyl (C=O) groups excluding carboxylic acids is 1. The van der Waals surface area contributed by atoms with E-state index in [1.165, 1.54) is 35.7 Å². The molecule has 0 N–H and O–H groups in total. The Balaban J connectivity index is 1.83. The standard InChI is InChI=1S/C20H27N3OS/c1-11(2)19-21-22-20(23(19)16-7-8-16)25-10-17(24)18-14(5)12(3)9-13(4)15(18)6/h9,11,16H,7-8,10H2,1-6H3. The van der Waals surface area contributed by atoms with Crippen molar-refractivity contribution < 1.29 is 4.79 Å². The fourth-order valence-corrected chi connectivity index (χ4v) is 4.18. The first-order chi connectivity index (χ1) is 11.8. The van der Waals surface area contributed by atoms with Crippen LogP contribution in [0.5, 0.6) is 0 Å². The number of ketones is 1. The first-order valence-electron chi connectivity index (χ1n) is 8.99. The molecule has 0 radical (unpaired) electrons.